The number of anilines is 2. The van der Waals surface area contributed by atoms with Crippen molar-refractivity contribution in [2.24, 2.45) is 0 Å². The fourth-order valence-corrected chi connectivity index (χ4v) is 5.41. The van der Waals surface area contributed by atoms with Crippen molar-refractivity contribution in [3.05, 3.63) is 95.3 Å². The lowest BCUT2D eigenvalue weighted by Gasteiger charge is -2.09. The minimum Gasteiger partial charge on any atom is -0.471 e. The lowest BCUT2D eigenvalue weighted by molar-refractivity contribution is -0.00497. The zero-order chi connectivity index (χ0) is 39.1. The molecule has 5 aromatic heterocycles. The standard InChI is InChI=1S/C37H43N13O7/c38-36-44-32-30(40-23-42-32)34(46-36)56-20-27-5-1-25(2-6-27)18-54-16-15-53-14-13-52-12-11-51-10-9-50-17-29(48-49-50)22-55-19-26-3-7-28(8-4-26)21-57-35-31-33(43-24-41-31)45-37(39)47-35/h1-8,17,23-24H,9-16,18-22H2,(H3,38,40,42,44,46)(H3,39,41,43,45,47). The van der Waals surface area contributed by atoms with E-state index in [1.165, 1.54) is 12.7 Å². The van der Waals surface area contributed by atoms with Gasteiger partial charge >= 0.3 is 0 Å². The van der Waals surface area contributed by atoms with E-state index < -0.39 is 0 Å². The summed E-state index contributed by atoms with van der Waals surface area (Å²) >= 11 is 0. The summed E-state index contributed by atoms with van der Waals surface area (Å²) in [6, 6.07) is 15.9. The Balaban J connectivity index is 0.662. The molecule has 5 heterocycles. The lowest BCUT2D eigenvalue weighted by Crippen LogP contribution is -2.13. The van der Waals surface area contributed by atoms with E-state index in [1.807, 2.05) is 54.7 Å². The number of nitrogens with zero attached hydrogens (tertiary/aromatic N) is 9. The second kappa shape index (κ2) is 20.0. The number of imidazole rings is 2. The number of hydrogen-bond acceptors (Lipinski definition) is 17. The van der Waals surface area contributed by atoms with Crippen LogP contribution >= 0.6 is 0 Å². The van der Waals surface area contributed by atoms with E-state index in [1.54, 1.807) is 4.68 Å². The van der Waals surface area contributed by atoms with Crippen LogP contribution in [0.4, 0.5) is 11.9 Å². The summed E-state index contributed by atoms with van der Waals surface area (Å²) in [5.74, 6) is 0.914. The number of aromatic amines is 2. The van der Waals surface area contributed by atoms with Crippen LogP contribution in [0.15, 0.2) is 67.4 Å². The summed E-state index contributed by atoms with van der Waals surface area (Å²) in [4.78, 5) is 30.7. The topological polar surface area (TPSA) is 256 Å². The molecular formula is C37H43N13O7. The van der Waals surface area contributed by atoms with Crippen LogP contribution in [0.25, 0.3) is 22.3 Å². The van der Waals surface area contributed by atoms with Crippen molar-refractivity contribution in [2.75, 3.05) is 57.7 Å². The summed E-state index contributed by atoms with van der Waals surface area (Å²) in [6.07, 6.45) is 4.90. The molecule has 7 aromatic rings. The molecular weight excluding hydrogens is 738 g/mol. The molecule has 0 amide bonds. The highest BCUT2D eigenvalue weighted by Crippen LogP contribution is 2.22. The number of fused-ring (bicyclic) bond motifs is 2. The predicted octanol–water partition coefficient (Wildman–Crippen LogP) is 2.92. The number of nitrogens with one attached hydrogen (secondary N) is 2. The van der Waals surface area contributed by atoms with E-state index in [9.17, 15) is 0 Å². The number of nitrogens with two attached hydrogens (primary N) is 2. The van der Waals surface area contributed by atoms with Crippen molar-refractivity contribution in [1.29, 1.82) is 0 Å². The third-order valence-electron chi connectivity index (χ3n) is 8.28. The van der Waals surface area contributed by atoms with E-state index in [0.29, 0.717) is 120 Å². The molecule has 0 aliphatic carbocycles. The van der Waals surface area contributed by atoms with Crippen molar-refractivity contribution >= 4 is 34.2 Å². The van der Waals surface area contributed by atoms with Crippen LogP contribution in [0.2, 0.25) is 0 Å². The molecule has 20 nitrogen and oxygen atoms in total. The predicted molar refractivity (Wildman–Crippen MR) is 204 cm³/mol. The quantitative estimate of drug-likeness (QED) is 0.0643. The first-order valence-corrected chi connectivity index (χ1v) is 18.2. The number of hydrogen-bond donors (Lipinski definition) is 4. The summed E-state index contributed by atoms with van der Waals surface area (Å²) in [5.41, 5.74) is 18.4. The number of nitrogen functional groups attached to an aromatic ring is 2. The molecule has 20 heteroatoms. The largest absolute Gasteiger partial charge is 0.471 e. The summed E-state index contributed by atoms with van der Waals surface area (Å²) < 4.78 is 41.8. The van der Waals surface area contributed by atoms with E-state index in [-0.39, 0.29) is 11.9 Å². The second-order valence-electron chi connectivity index (χ2n) is 12.5. The van der Waals surface area contributed by atoms with Gasteiger partial charge in [-0.25, -0.2) is 14.6 Å². The van der Waals surface area contributed by atoms with Crippen LogP contribution in [0.1, 0.15) is 27.9 Å². The van der Waals surface area contributed by atoms with Crippen molar-refractivity contribution in [1.82, 2.24) is 54.9 Å². The first kappa shape index (κ1) is 38.9. The molecule has 0 spiro atoms. The maximum Gasteiger partial charge on any atom is 0.247 e. The first-order valence-electron chi connectivity index (χ1n) is 18.2. The Morgan fingerprint density at radius 3 is 1.49 bits per heavy atom. The average Bonchev–Trinajstić information content (AvgIpc) is 4.01. The maximum absolute atomic E-state index is 5.84. The van der Waals surface area contributed by atoms with Gasteiger partial charge < -0.3 is 54.6 Å². The van der Waals surface area contributed by atoms with E-state index in [0.717, 1.165) is 27.9 Å². The van der Waals surface area contributed by atoms with Gasteiger partial charge in [-0.15, -0.1) is 5.10 Å². The summed E-state index contributed by atoms with van der Waals surface area (Å²) in [7, 11) is 0. The Kier molecular flexibility index (Phi) is 13.7. The Labute approximate surface area is 326 Å². The third-order valence-corrected chi connectivity index (χ3v) is 8.28. The number of rotatable bonds is 24. The zero-order valence-corrected chi connectivity index (χ0v) is 31.1. The van der Waals surface area contributed by atoms with Gasteiger partial charge in [-0.3, -0.25) is 0 Å². The van der Waals surface area contributed by atoms with Gasteiger partial charge in [0.2, 0.25) is 23.7 Å². The highest BCUT2D eigenvalue weighted by atomic mass is 16.6. The molecule has 0 radical (unpaired) electrons. The molecule has 0 aliphatic heterocycles. The fourth-order valence-electron chi connectivity index (χ4n) is 5.41. The molecule has 0 atom stereocenters. The smallest absolute Gasteiger partial charge is 0.247 e. The van der Waals surface area contributed by atoms with Crippen LogP contribution in [0, 0.1) is 0 Å². The molecule has 7 rings (SSSR count). The first-order chi connectivity index (χ1) is 28.1. The van der Waals surface area contributed by atoms with Gasteiger partial charge in [-0.05, 0) is 22.3 Å². The van der Waals surface area contributed by atoms with Gasteiger partial charge in [0.1, 0.15) is 18.9 Å². The Morgan fingerprint density at radius 1 is 0.509 bits per heavy atom. The Bertz CT molecular complexity index is 2280. The molecule has 0 fully saturated rings. The van der Waals surface area contributed by atoms with Crippen molar-refractivity contribution in [2.45, 2.75) is 39.6 Å². The highest BCUT2D eigenvalue weighted by Gasteiger charge is 2.12. The van der Waals surface area contributed by atoms with Crippen molar-refractivity contribution < 1.29 is 33.2 Å². The summed E-state index contributed by atoms with van der Waals surface area (Å²) in [6.45, 7) is 5.77. The molecule has 0 unspecified atom stereocenters. The van der Waals surface area contributed by atoms with Crippen LogP contribution in [0.5, 0.6) is 11.8 Å². The third kappa shape index (κ3) is 11.6. The molecule has 298 valence electrons. The molecule has 2 aromatic carbocycles. The minimum absolute atomic E-state index is 0.118. The van der Waals surface area contributed by atoms with Gasteiger partial charge in [-0.2, -0.15) is 19.9 Å². The Hall–Kier alpha value is -6.32. The molecule has 6 N–H and O–H groups in total. The molecule has 57 heavy (non-hydrogen) atoms. The van der Waals surface area contributed by atoms with E-state index in [2.05, 4.69) is 50.2 Å². The van der Waals surface area contributed by atoms with Gasteiger partial charge in [-0.1, -0.05) is 53.7 Å². The fraction of sp³-hybridized carbons (Fsp3) is 0.351. The minimum atomic E-state index is 0.118. The summed E-state index contributed by atoms with van der Waals surface area (Å²) in [5, 5.41) is 8.34. The number of H-pyrrole nitrogens is 2. The maximum atomic E-state index is 5.84. The molecule has 0 aliphatic rings. The number of benzene rings is 2. The molecule has 0 saturated heterocycles. The van der Waals surface area contributed by atoms with Crippen molar-refractivity contribution in [3.63, 3.8) is 0 Å². The van der Waals surface area contributed by atoms with Crippen molar-refractivity contribution in [3.8, 4) is 11.8 Å². The van der Waals surface area contributed by atoms with Crippen LogP contribution in [-0.4, -0.2) is 101 Å². The van der Waals surface area contributed by atoms with Crippen LogP contribution < -0.4 is 20.9 Å². The number of ether oxygens (including phenoxy) is 7. The monoisotopic (exact) mass is 781 g/mol. The molecule has 0 bridgehead atoms. The van der Waals surface area contributed by atoms with E-state index >= 15 is 0 Å². The SMILES string of the molecule is Nc1nc(OCc2ccc(COCCOCCOCCOCCn3cc(COCc4ccc(COc5nc(N)nc6[nH]cnc56)cc4)nn3)cc2)c2nc[nH]c2n1. The van der Waals surface area contributed by atoms with Gasteiger partial charge in [0.05, 0.1) is 91.5 Å². The lowest BCUT2D eigenvalue weighted by atomic mass is 10.1. The number of aromatic nitrogens is 11. The second-order valence-corrected chi connectivity index (χ2v) is 12.5. The van der Waals surface area contributed by atoms with Gasteiger partial charge in [0.25, 0.3) is 0 Å². The molecule has 0 saturated carbocycles. The Morgan fingerprint density at radius 2 is 0.965 bits per heavy atom. The normalized spacial score (nSPS) is 11.5. The van der Waals surface area contributed by atoms with Crippen LogP contribution in [-0.2, 0) is 63.3 Å². The highest BCUT2D eigenvalue weighted by molar-refractivity contribution is 5.77. The van der Waals surface area contributed by atoms with E-state index in [4.69, 9.17) is 44.6 Å². The van der Waals surface area contributed by atoms with Gasteiger partial charge in [0.15, 0.2) is 22.3 Å². The zero-order valence-electron chi connectivity index (χ0n) is 31.1. The van der Waals surface area contributed by atoms with Gasteiger partial charge in [0, 0.05) is 0 Å². The average molecular weight is 782 g/mol. The van der Waals surface area contributed by atoms with Crippen LogP contribution in [0.3, 0.4) is 0 Å².